The predicted octanol–water partition coefficient (Wildman–Crippen LogP) is 4.03. The van der Waals surface area contributed by atoms with Crippen LogP contribution in [0.25, 0.3) is 0 Å². The fourth-order valence-electron chi connectivity index (χ4n) is 1.69. The molecule has 2 rings (SSSR count). The molecule has 0 saturated heterocycles. The Morgan fingerprint density at radius 2 is 1.86 bits per heavy atom. The summed E-state index contributed by atoms with van der Waals surface area (Å²) >= 11 is 0. The third-order valence-electron chi connectivity index (χ3n) is 2.77. The Morgan fingerprint density at radius 1 is 1.14 bits per heavy atom. The molecule has 0 unspecified atom stereocenters. The van der Waals surface area contributed by atoms with Crippen molar-refractivity contribution in [1.82, 2.24) is 0 Å². The molecule has 1 N–H and O–H groups in total. The lowest BCUT2D eigenvalue weighted by atomic mass is 10.2. The summed E-state index contributed by atoms with van der Waals surface area (Å²) in [5.41, 5.74) is 1.29. The highest BCUT2D eigenvalue weighted by atomic mass is 16.6. The van der Waals surface area contributed by atoms with E-state index in [9.17, 15) is 15.2 Å². The fourth-order valence-corrected chi connectivity index (χ4v) is 1.69. The molecule has 0 bridgehead atoms. The van der Waals surface area contributed by atoms with Crippen LogP contribution in [0, 0.1) is 17.0 Å². The van der Waals surface area contributed by atoms with Gasteiger partial charge in [-0.25, -0.2) is 0 Å². The number of phenolic OH excluding ortho intramolecular Hbond substituents is 1. The Kier molecular flexibility index (Phi) is 4.13. The van der Waals surface area contributed by atoms with Crippen LogP contribution in [0.15, 0.2) is 46.6 Å². The standard InChI is InChI=1S/C14H13N3O4/c1-9-3-5-13(18)11(7-9)15-16-12-8-10(17(19)20)4-6-14(12)21-2/h3-8,18H,1-2H3. The topological polar surface area (TPSA) is 97.3 Å². The first-order valence-corrected chi connectivity index (χ1v) is 6.05. The Bertz CT molecular complexity index is 713. The van der Waals surface area contributed by atoms with Crippen LogP contribution >= 0.6 is 0 Å². The van der Waals surface area contributed by atoms with Crippen molar-refractivity contribution in [2.45, 2.75) is 6.92 Å². The van der Waals surface area contributed by atoms with Crippen LogP contribution in [0.5, 0.6) is 11.5 Å². The summed E-state index contributed by atoms with van der Waals surface area (Å²) in [4.78, 5) is 10.3. The van der Waals surface area contributed by atoms with Crippen molar-refractivity contribution >= 4 is 17.1 Å². The maximum Gasteiger partial charge on any atom is 0.271 e. The van der Waals surface area contributed by atoms with Gasteiger partial charge >= 0.3 is 0 Å². The minimum absolute atomic E-state index is 0.0197. The molecule has 2 aromatic rings. The number of methoxy groups -OCH3 is 1. The number of nitro groups is 1. The number of hydrogen-bond donors (Lipinski definition) is 1. The van der Waals surface area contributed by atoms with Gasteiger partial charge in [-0.05, 0) is 30.7 Å². The number of azo groups is 1. The van der Waals surface area contributed by atoms with Crippen molar-refractivity contribution in [3.63, 3.8) is 0 Å². The summed E-state index contributed by atoms with van der Waals surface area (Å²) in [6.07, 6.45) is 0. The Hall–Kier alpha value is -2.96. The number of aromatic hydroxyl groups is 1. The third-order valence-corrected chi connectivity index (χ3v) is 2.77. The third kappa shape index (κ3) is 3.33. The largest absolute Gasteiger partial charge is 0.506 e. The summed E-state index contributed by atoms with van der Waals surface area (Å²) in [7, 11) is 1.43. The van der Waals surface area contributed by atoms with E-state index in [0.29, 0.717) is 5.75 Å². The maximum atomic E-state index is 10.8. The maximum absolute atomic E-state index is 10.8. The smallest absolute Gasteiger partial charge is 0.271 e. The van der Waals surface area contributed by atoms with Gasteiger partial charge in [0.15, 0.2) is 0 Å². The zero-order chi connectivity index (χ0) is 15.4. The first-order chi connectivity index (χ1) is 10.0. The van der Waals surface area contributed by atoms with E-state index < -0.39 is 4.92 Å². The molecule has 0 heterocycles. The van der Waals surface area contributed by atoms with Crippen LogP contribution in [0.1, 0.15) is 5.56 Å². The van der Waals surface area contributed by atoms with Gasteiger partial charge in [0, 0.05) is 12.1 Å². The highest BCUT2D eigenvalue weighted by Gasteiger charge is 2.11. The summed E-state index contributed by atoms with van der Waals surface area (Å²) < 4.78 is 5.08. The molecule has 0 aliphatic heterocycles. The number of nitro benzene ring substituents is 1. The second-order valence-electron chi connectivity index (χ2n) is 4.31. The van der Waals surface area contributed by atoms with Crippen molar-refractivity contribution in [1.29, 1.82) is 0 Å². The van der Waals surface area contributed by atoms with E-state index in [-0.39, 0.29) is 22.8 Å². The highest BCUT2D eigenvalue weighted by Crippen LogP contribution is 2.34. The Morgan fingerprint density at radius 3 is 2.52 bits per heavy atom. The van der Waals surface area contributed by atoms with Gasteiger partial charge < -0.3 is 9.84 Å². The average Bonchev–Trinajstić information content (AvgIpc) is 2.47. The lowest BCUT2D eigenvalue weighted by Gasteiger charge is -2.03. The first kappa shape index (κ1) is 14.4. The highest BCUT2D eigenvalue weighted by molar-refractivity contribution is 5.58. The van der Waals surface area contributed by atoms with Crippen molar-refractivity contribution in [2.75, 3.05) is 7.11 Å². The number of aryl methyl sites for hydroxylation is 1. The fraction of sp³-hybridized carbons (Fsp3) is 0.143. The number of nitrogens with zero attached hydrogens (tertiary/aromatic N) is 3. The summed E-state index contributed by atoms with van der Waals surface area (Å²) in [6.45, 7) is 1.85. The number of phenols is 1. The van der Waals surface area contributed by atoms with E-state index in [1.165, 1.54) is 31.4 Å². The van der Waals surface area contributed by atoms with Crippen molar-refractivity contribution in [3.8, 4) is 11.5 Å². The Labute approximate surface area is 120 Å². The minimum Gasteiger partial charge on any atom is -0.506 e. The van der Waals surface area contributed by atoms with Crippen LogP contribution in [0.2, 0.25) is 0 Å². The van der Waals surface area contributed by atoms with Crippen molar-refractivity contribution in [2.24, 2.45) is 10.2 Å². The molecule has 0 aliphatic carbocycles. The minimum atomic E-state index is -0.525. The molecule has 0 fully saturated rings. The number of non-ortho nitro benzene ring substituents is 1. The summed E-state index contributed by atoms with van der Waals surface area (Å²) in [5, 5.41) is 28.3. The zero-order valence-electron chi connectivity index (χ0n) is 11.5. The molecule has 0 atom stereocenters. The molecule has 21 heavy (non-hydrogen) atoms. The van der Waals surface area contributed by atoms with Gasteiger partial charge in [0.05, 0.1) is 12.0 Å². The zero-order valence-corrected chi connectivity index (χ0v) is 11.5. The van der Waals surface area contributed by atoms with Gasteiger partial charge in [-0.1, -0.05) is 6.07 Å². The normalized spacial score (nSPS) is 10.8. The van der Waals surface area contributed by atoms with Gasteiger partial charge in [0.2, 0.25) is 0 Å². The molecule has 0 amide bonds. The first-order valence-electron chi connectivity index (χ1n) is 6.05. The second-order valence-corrected chi connectivity index (χ2v) is 4.31. The predicted molar refractivity (Wildman–Crippen MR) is 76.7 cm³/mol. The molecule has 0 saturated carbocycles. The monoisotopic (exact) mass is 287 g/mol. The number of ether oxygens (including phenoxy) is 1. The number of benzene rings is 2. The van der Waals surface area contributed by atoms with Crippen molar-refractivity contribution < 1.29 is 14.8 Å². The van der Waals surface area contributed by atoms with E-state index in [0.717, 1.165) is 5.56 Å². The lowest BCUT2D eigenvalue weighted by molar-refractivity contribution is -0.384. The van der Waals surface area contributed by atoms with E-state index in [2.05, 4.69) is 10.2 Å². The van der Waals surface area contributed by atoms with Crippen LogP contribution in [0.3, 0.4) is 0 Å². The second kappa shape index (κ2) is 6.00. The molecule has 7 nitrogen and oxygen atoms in total. The van der Waals surface area contributed by atoms with Gasteiger partial charge in [-0.2, -0.15) is 0 Å². The van der Waals surface area contributed by atoms with E-state index >= 15 is 0 Å². The van der Waals surface area contributed by atoms with Crippen LogP contribution < -0.4 is 4.74 Å². The average molecular weight is 287 g/mol. The molecule has 0 spiro atoms. The lowest BCUT2D eigenvalue weighted by Crippen LogP contribution is -1.89. The van der Waals surface area contributed by atoms with Gasteiger partial charge in [0.1, 0.15) is 22.9 Å². The van der Waals surface area contributed by atoms with Crippen LogP contribution in [-0.4, -0.2) is 17.1 Å². The molecular formula is C14H13N3O4. The Balaban J connectivity index is 2.41. The SMILES string of the molecule is COc1ccc([N+](=O)[O-])cc1N=Nc1cc(C)ccc1O. The number of rotatable bonds is 4. The van der Waals surface area contributed by atoms with Crippen LogP contribution in [0.4, 0.5) is 17.1 Å². The summed E-state index contributed by atoms with van der Waals surface area (Å²) in [5.74, 6) is 0.338. The quantitative estimate of drug-likeness (QED) is 0.521. The molecule has 0 aromatic heterocycles. The van der Waals surface area contributed by atoms with Gasteiger partial charge in [-0.3, -0.25) is 10.1 Å². The number of hydrogen-bond acceptors (Lipinski definition) is 6. The van der Waals surface area contributed by atoms with Gasteiger partial charge in [0.25, 0.3) is 5.69 Å². The summed E-state index contributed by atoms with van der Waals surface area (Å²) in [6, 6.07) is 8.93. The molecule has 108 valence electrons. The van der Waals surface area contributed by atoms with E-state index in [1.54, 1.807) is 12.1 Å². The van der Waals surface area contributed by atoms with Crippen LogP contribution in [-0.2, 0) is 0 Å². The molecule has 0 radical (unpaired) electrons. The molecule has 0 aliphatic rings. The van der Waals surface area contributed by atoms with E-state index in [1.807, 2.05) is 6.92 Å². The molecule has 7 heteroatoms. The van der Waals surface area contributed by atoms with Crippen molar-refractivity contribution in [3.05, 3.63) is 52.1 Å². The molecular weight excluding hydrogens is 274 g/mol. The molecule has 2 aromatic carbocycles. The van der Waals surface area contributed by atoms with E-state index in [4.69, 9.17) is 4.74 Å². The van der Waals surface area contributed by atoms with Gasteiger partial charge in [-0.15, -0.1) is 10.2 Å².